The number of nitrogens with zero attached hydrogens (tertiary/aromatic N) is 2. The summed E-state index contributed by atoms with van der Waals surface area (Å²) in [5.74, 6) is 1.06. The Kier molecular flexibility index (Phi) is 6.69. The number of aromatic nitrogens is 2. The molecule has 2 fully saturated rings. The van der Waals surface area contributed by atoms with E-state index in [9.17, 15) is 13.2 Å². The lowest BCUT2D eigenvalue weighted by molar-refractivity contribution is -0.127. The van der Waals surface area contributed by atoms with Crippen molar-refractivity contribution >= 4 is 38.7 Å². The normalized spacial score (nSPS) is 27.8. The van der Waals surface area contributed by atoms with Crippen LogP contribution in [0.2, 0.25) is 0 Å². The number of carbonyl (C=O) groups is 1. The molecule has 30 heavy (non-hydrogen) atoms. The fourth-order valence-electron chi connectivity index (χ4n) is 4.76. The quantitative estimate of drug-likeness (QED) is 0.702. The lowest BCUT2D eigenvalue weighted by Crippen LogP contribution is -2.44. The number of rotatable bonds is 6. The first-order valence-electron chi connectivity index (χ1n) is 11.0. The number of nitrogens with one attached hydrogen (secondary N) is 2. The van der Waals surface area contributed by atoms with Crippen molar-refractivity contribution < 1.29 is 13.2 Å². The number of sulfonamides is 1. The van der Waals surface area contributed by atoms with Crippen LogP contribution in [-0.4, -0.2) is 35.7 Å². The first-order valence-corrected chi connectivity index (χ1v) is 13.2. The van der Waals surface area contributed by atoms with E-state index in [1.54, 1.807) is 18.2 Å². The van der Waals surface area contributed by atoms with Crippen LogP contribution in [0.1, 0.15) is 58.3 Å². The molecule has 164 valence electrons. The van der Waals surface area contributed by atoms with E-state index < -0.39 is 10.0 Å². The summed E-state index contributed by atoms with van der Waals surface area (Å²) in [6.45, 7) is 2.62. The molecule has 2 aliphatic rings. The third-order valence-corrected chi connectivity index (χ3v) is 8.75. The largest absolute Gasteiger partial charge is 0.353 e. The van der Waals surface area contributed by atoms with Crippen LogP contribution < -0.4 is 10.0 Å². The van der Waals surface area contributed by atoms with E-state index in [-0.39, 0.29) is 22.6 Å². The molecule has 0 bridgehead atoms. The number of carbonyl (C=O) groups excluding carboxylic acids is 1. The number of hydrogen-bond donors (Lipinski definition) is 2. The van der Waals surface area contributed by atoms with Crippen LogP contribution in [0.3, 0.4) is 0 Å². The Morgan fingerprint density at radius 3 is 2.63 bits per heavy atom. The van der Waals surface area contributed by atoms with E-state index in [0.29, 0.717) is 29.5 Å². The van der Waals surface area contributed by atoms with Gasteiger partial charge in [-0.1, -0.05) is 25.8 Å². The number of amides is 1. The van der Waals surface area contributed by atoms with Crippen LogP contribution in [-0.2, 0) is 14.8 Å². The Hall–Kier alpha value is -1.58. The molecule has 1 amide bonds. The molecule has 7 nitrogen and oxygen atoms in total. The van der Waals surface area contributed by atoms with E-state index >= 15 is 0 Å². The van der Waals surface area contributed by atoms with E-state index in [0.717, 1.165) is 43.8 Å². The van der Waals surface area contributed by atoms with Crippen molar-refractivity contribution in [1.82, 2.24) is 18.8 Å². The molecule has 0 radical (unpaired) electrons. The fourth-order valence-corrected chi connectivity index (χ4v) is 6.64. The molecule has 4 rings (SSSR count). The predicted octanol–water partition coefficient (Wildman–Crippen LogP) is 3.47. The van der Waals surface area contributed by atoms with Gasteiger partial charge in [-0.3, -0.25) is 4.79 Å². The van der Waals surface area contributed by atoms with Gasteiger partial charge in [0.05, 0.1) is 11.7 Å². The standard InChI is InChI=1S/C21H30N4O3S2/c1-14-5-2-3-6-17(14)23-21(26)16-11-9-15(10-12-16)13-22-30(27,28)19-8-4-7-18-20(19)25-29-24-18/h4,7-8,14-17,22H,2-3,5-6,9-13H2,1H3,(H,23,26). The van der Waals surface area contributed by atoms with Crippen molar-refractivity contribution in [1.29, 1.82) is 0 Å². The highest BCUT2D eigenvalue weighted by Crippen LogP contribution is 2.30. The van der Waals surface area contributed by atoms with Crippen LogP contribution in [0.15, 0.2) is 23.1 Å². The Labute approximate surface area is 182 Å². The minimum atomic E-state index is -3.64. The molecule has 0 saturated heterocycles. The van der Waals surface area contributed by atoms with E-state index in [4.69, 9.17) is 0 Å². The van der Waals surface area contributed by atoms with Gasteiger partial charge in [0.15, 0.2) is 0 Å². The maximum atomic E-state index is 12.8. The van der Waals surface area contributed by atoms with Gasteiger partial charge in [-0.05, 0) is 62.5 Å². The minimum Gasteiger partial charge on any atom is -0.353 e. The molecule has 0 aliphatic heterocycles. The van der Waals surface area contributed by atoms with Crippen LogP contribution in [0.4, 0.5) is 0 Å². The minimum absolute atomic E-state index is 0.0572. The summed E-state index contributed by atoms with van der Waals surface area (Å²) in [5.41, 5.74) is 1.02. The zero-order chi connectivity index (χ0) is 21.1. The van der Waals surface area contributed by atoms with Gasteiger partial charge in [0, 0.05) is 18.5 Å². The number of benzene rings is 1. The molecule has 1 aromatic heterocycles. The summed E-state index contributed by atoms with van der Waals surface area (Å²) >= 11 is 1.01. The zero-order valence-corrected chi connectivity index (χ0v) is 19.0. The van der Waals surface area contributed by atoms with Crippen molar-refractivity contribution in [2.45, 2.75) is 69.2 Å². The summed E-state index contributed by atoms with van der Waals surface area (Å²) in [4.78, 5) is 12.9. The zero-order valence-electron chi connectivity index (χ0n) is 17.3. The molecule has 2 N–H and O–H groups in total. The van der Waals surface area contributed by atoms with E-state index in [1.807, 2.05) is 0 Å². The summed E-state index contributed by atoms with van der Waals surface area (Å²) in [6, 6.07) is 5.34. The second-order valence-corrected chi connectivity index (χ2v) is 11.1. The molecule has 2 aromatic rings. The third-order valence-electron chi connectivity index (χ3n) is 6.76. The predicted molar refractivity (Wildman–Crippen MR) is 118 cm³/mol. The first-order chi connectivity index (χ1) is 14.4. The first kappa shape index (κ1) is 21.6. The van der Waals surface area contributed by atoms with Gasteiger partial charge in [0.1, 0.15) is 15.9 Å². The second kappa shape index (κ2) is 9.28. The molecule has 0 spiro atoms. The highest BCUT2D eigenvalue weighted by Gasteiger charge is 2.30. The maximum Gasteiger partial charge on any atom is 0.242 e. The average Bonchev–Trinajstić information content (AvgIpc) is 3.23. The van der Waals surface area contributed by atoms with Crippen molar-refractivity contribution in [3.05, 3.63) is 18.2 Å². The van der Waals surface area contributed by atoms with Gasteiger partial charge in [-0.15, -0.1) is 0 Å². The van der Waals surface area contributed by atoms with Gasteiger partial charge < -0.3 is 5.32 Å². The molecule has 2 unspecified atom stereocenters. The van der Waals surface area contributed by atoms with Crippen LogP contribution in [0.5, 0.6) is 0 Å². The molecular weight excluding hydrogens is 420 g/mol. The highest BCUT2D eigenvalue weighted by molar-refractivity contribution is 7.89. The third kappa shape index (κ3) is 4.84. The van der Waals surface area contributed by atoms with Gasteiger partial charge in [-0.25, -0.2) is 13.1 Å². The summed E-state index contributed by atoms with van der Waals surface area (Å²) in [7, 11) is -3.64. The number of hydrogen-bond acceptors (Lipinski definition) is 6. The maximum absolute atomic E-state index is 12.8. The Morgan fingerprint density at radius 2 is 1.87 bits per heavy atom. The van der Waals surface area contributed by atoms with Crippen molar-refractivity contribution in [3.63, 3.8) is 0 Å². The Morgan fingerprint density at radius 1 is 1.10 bits per heavy atom. The van der Waals surface area contributed by atoms with E-state index in [2.05, 4.69) is 25.7 Å². The van der Waals surface area contributed by atoms with Gasteiger partial charge in [0.2, 0.25) is 15.9 Å². The topological polar surface area (TPSA) is 101 Å². The molecular formula is C21H30N4O3S2. The van der Waals surface area contributed by atoms with Gasteiger partial charge >= 0.3 is 0 Å². The Balaban J connectivity index is 1.27. The van der Waals surface area contributed by atoms with Crippen molar-refractivity contribution in [2.75, 3.05) is 6.54 Å². The lowest BCUT2D eigenvalue weighted by atomic mass is 9.80. The summed E-state index contributed by atoms with van der Waals surface area (Å²) in [6.07, 6.45) is 8.13. The SMILES string of the molecule is CC1CCCCC1NC(=O)C1CCC(CNS(=O)(=O)c2cccc3nsnc23)CC1. The molecule has 2 saturated carbocycles. The molecule has 2 atom stereocenters. The molecule has 2 aliphatic carbocycles. The molecule has 1 heterocycles. The van der Waals surface area contributed by atoms with Gasteiger partial charge in [0.25, 0.3) is 0 Å². The van der Waals surface area contributed by atoms with Crippen LogP contribution in [0.25, 0.3) is 11.0 Å². The fraction of sp³-hybridized carbons (Fsp3) is 0.667. The lowest BCUT2D eigenvalue weighted by Gasteiger charge is -2.33. The average molecular weight is 451 g/mol. The van der Waals surface area contributed by atoms with Crippen molar-refractivity contribution in [3.8, 4) is 0 Å². The van der Waals surface area contributed by atoms with E-state index in [1.165, 1.54) is 19.3 Å². The highest BCUT2D eigenvalue weighted by atomic mass is 32.2. The Bertz CT molecular complexity index is 983. The van der Waals surface area contributed by atoms with Gasteiger partial charge in [-0.2, -0.15) is 8.75 Å². The summed E-state index contributed by atoms with van der Waals surface area (Å²) < 4.78 is 36.5. The monoisotopic (exact) mass is 450 g/mol. The van der Waals surface area contributed by atoms with Crippen LogP contribution in [0, 0.1) is 17.8 Å². The smallest absolute Gasteiger partial charge is 0.242 e. The number of fused-ring (bicyclic) bond motifs is 1. The second-order valence-electron chi connectivity index (χ2n) is 8.83. The summed E-state index contributed by atoms with van der Waals surface area (Å²) in [5, 5.41) is 3.28. The molecule has 9 heteroatoms. The van der Waals surface area contributed by atoms with Crippen molar-refractivity contribution in [2.24, 2.45) is 17.8 Å². The van der Waals surface area contributed by atoms with Crippen LogP contribution >= 0.6 is 11.7 Å². The molecule has 1 aromatic carbocycles.